The van der Waals surface area contributed by atoms with Crippen molar-refractivity contribution in [1.82, 2.24) is 0 Å². The Morgan fingerprint density at radius 1 is 0.958 bits per heavy atom. The Labute approximate surface area is 141 Å². The molecule has 1 atom stereocenters. The number of carbonyl (C=O) groups is 2. The zero-order chi connectivity index (χ0) is 18.6. The van der Waals surface area contributed by atoms with Crippen molar-refractivity contribution in [2.24, 2.45) is 11.8 Å². The van der Waals surface area contributed by atoms with E-state index in [1.54, 1.807) is 13.8 Å². The Hall–Kier alpha value is -1.53. The van der Waals surface area contributed by atoms with Crippen molar-refractivity contribution < 1.29 is 32.2 Å². The molecule has 0 amide bonds. The molecular formula is C17H27F3O4. The van der Waals surface area contributed by atoms with Crippen molar-refractivity contribution in [2.75, 3.05) is 13.2 Å². The largest absolute Gasteiger partial charge is 0.465 e. The smallest absolute Gasteiger partial charge is 0.409 e. The van der Waals surface area contributed by atoms with Crippen molar-refractivity contribution in [3.05, 3.63) is 12.2 Å². The van der Waals surface area contributed by atoms with E-state index in [-0.39, 0.29) is 25.7 Å². The molecule has 0 aromatic heterocycles. The summed E-state index contributed by atoms with van der Waals surface area (Å²) < 4.78 is 47.2. The van der Waals surface area contributed by atoms with Gasteiger partial charge in [0.1, 0.15) is 0 Å². The molecule has 0 saturated carbocycles. The molecule has 0 aromatic carbocycles. The highest BCUT2D eigenvalue weighted by atomic mass is 19.4. The summed E-state index contributed by atoms with van der Waals surface area (Å²) in [5.41, 5.74) is 0. The maximum Gasteiger partial charge on any atom is 0.409 e. The third-order valence-corrected chi connectivity index (χ3v) is 3.43. The first kappa shape index (κ1) is 22.5. The predicted molar refractivity (Wildman–Crippen MR) is 84.2 cm³/mol. The highest BCUT2D eigenvalue weighted by molar-refractivity contribution is 5.95. The first-order valence-electron chi connectivity index (χ1n) is 8.36. The molecule has 0 aliphatic carbocycles. The standard InChI is InChI=1S/C17H27F3O4/c1-4-7-8-9-10-13(11-12-17(18,19)20)14(15(21)23-5-2)16(22)24-6-3/h11-14H,4-10H2,1-3H3/b12-11+. The van der Waals surface area contributed by atoms with Crippen LogP contribution in [-0.4, -0.2) is 31.3 Å². The van der Waals surface area contributed by atoms with Crippen LogP contribution in [0.2, 0.25) is 0 Å². The van der Waals surface area contributed by atoms with Gasteiger partial charge in [-0.05, 0) is 20.3 Å². The number of halogens is 3. The number of rotatable bonds is 11. The Bertz CT molecular complexity index is 387. The molecule has 0 rings (SSSR count). The summed E-state index contributed by atoms with van der Waals surface area (Å²) in [6, 6.07) is 0. The topological polar surface area (TPSA) is 52.6 Å². The van der Waals surface area contributed by atoms with Crippen molar-refractivity contribution in [1.29, 1.82) is 0 Å². The van der Waals surface area contributed by atoms with Crippen LogP contribution in [0.25, 0.3) is 0 Å². The average Bonchev–Trinajstić information content (AvgIpc) is 2.48. The molecular weight excluding hydrogens is 325 g/mol. The van der Waals surface area contributed by atoms with Crippen molar-refractivity contribution in [3.63, 3.8) is 0 Å². The summed E-state index contributed by atoms with van der Waals surface area (Å²) in [5.74, 6) is -3.96. The maximum absolute atomic E-state index is 12.5. The van der Waals surface area contributed by atoms with Gasteiger partial charge in [-0.3, -0.25) is 9.59 Å². The van der Waals surface area contributed by atoms with Gasteiger partial charge in [-0.1, -0.05) is 38.7 Å². The second kappa shape index (κ2) is 11.9. The van der Waals surface area contributed by atoms with Crippen LogP contribution in [-0.2, 0) is 19.1 Å². The van der Waals surface area contributed by atoms with Crippen molar-refractivity contribution >= 4 is 11.9 Å². The quantitative estimate of drug-likeness (QED) is 0.239. The van der Waals surface area contributed by atoms with Crippen LogP contribution < -0.4 is 0 Å². The third kappa shape index (κ3) is 9.57. The molecule has 0 aliphatic heterocycles. The lowest BCUT2D eigenvalue weighted by Crippen LogP contribution is -2.34. The molecule has 7 heteroatoms. The Balaban J connectivity index is 5.31. The lowest BCUT2D eigenvalue weighted by atomic mass is 9.87. The predicted octanol–water partition coefficient (Wildman–Crippen LogP) is 4.43. The van der Waals surface area contributed by atoms with Crippen LogP contribution in [0.15, 0.2) is 12.2 Å². The molecule has 0 N–H and O–H groups in total. The summed E-state index contributed by atoms with van der Waals surface area (Å²) in [5, 5.41) is 0. The van der Waals surface area contributed by atoms with Gasteiger partial charge in [0.05, 0.1) is 13.2 Å². The molecule has 0 aliphatic rings. The van der Waals surface area contributed by atoms with E-state index in [9.17, 15) is 22.8 Å². The van der Waals surface area contributed by atoms with Crippen LogP contribution in [0.3, 0.4) is 0 Å². The summed E-state index contributed by atoms with van der Waals surface area (Å²) in [4.78, 5) is 24.2. The first-order chi connectivity index (χ1) is 11.3. The van der Waals surface area contributed by atoms with E-state index in [1.807, 2.05) is 6.92 Å². The minimum absolute atomic E-state index is 0.0419. The van der Waals surface area contributed by atoms with Crippen LogP contribution >= 0.6 is 0 Å². The van der Waals surface area contributed by atoms with Gasteiger partial charge in [0, 0.05) is 12.0 Å². The van der Waals surface area contributed by atoms with Gasteiger partial charge in [0.15, 0.2) is 5.92 Å². The van der Waals surface area contributed by atoms with E-state index < -0.39 is 30.0 Å². The van der Waals surface area contributed by atoms with E-state index >= 15 is 0 Å². The minimum Gasteiger partial charge on any atom is -0.465 e. The average molecular weight is 352 g/mol. The molecule has 4 nitrogen and oxygen atoms in total. The monoisotopic (exact) mass is 352 g/mol. The zero-order valence-electron chi connectivity index (χ0n) is 14.5. The fourth-order valence-electron chi connectivity index (χ4n) is 2.32. The second-order valence-electron chi connectivity index (χ2n) is 5.40. The number of alkyl halides is 3. The summed E-state index contributed by atoms with van der Waals surface area (Å²) >= 11 is 0. The van der Waals surface area contributed by atoms with Gasteiger partial charge in [-0.15, -0.1) is 0 Å². The van der Waals surface area contributed by atoms with Gasteiger partial charge in [-0.2, -0.15) is 13.2 Å². The normalized spacial score (nSPS) is 13.3. The number of unbranched alkanes of at least 4 members (excludes halogenated alkanes) is 3. The van der Waals surface area contributed by atoms with Crippen LogP contribution in [0.4, 0.5) is 13.2 Å². The van der Waals surface area contributed by atoms with Crippen LogP contribution in [0, 0.1) is 11.8 Å². The maximum atomic E-state index is 12.5. The zero-order valence-corrected chi connectivity index (χ0v) is 14.5. The highest BCUT2D eigenvalue weighted by Gasteiger charge is 2.36. The van der Waals surface area contributed by atoms with Gasteiger partial charge < -0.3 is 9.47 Å². The molecule has 140 valence electrons. The van der Waals surface area contributed by atoms with Crippen molar-refractivity contribution in [2.45, 2.75) is 59.1 Å². The molecule has 0 aromatic rings. The second-order valence-corrected chi connectivity index (χ2v) is 5.40. The molecule has 0 fully saturated rings. The fourth-order valence-corrected chi connectivity index (χ4v) is 2.32. The molecule has 0 spiro atoms. The number of allylic oxidation sites excluding steroid dienone is 2. The third-order valence-electron chi connectivity index (χ3n) is 3.43. The Morgan fingerprint density at radius 2 is 1.50 bits per heavy atom. The van der Waals surface area contributed by atoms with Crippen LogP contribution in [0.5, 0.6) is 0 Å². The SMILES string of the molecule is CCCCCCC(/C=C/C(F)(F)F)C(C(=O)OCC)C(=O)OCC. The van der Waals surface area contributed by atoms with Gasteiger partial charge in [0.2, 0.25) is 0 Å². The van der Waals surface area contributed by atoms with Crippen molar-refractivity contribution in [3.8, 4) is 0 Å². The molecule has 1 unspecified atom stereocenters. The fraction of sp³-hybridized carbons (Fsp3) is 0.765. The number of esters is 2. The lowest BCUT2D eigenvalue weighted by molar-refractivity contribution is -0.163. The summed E-state index contributed by atoms with van der Waals surface area (Å²) in [7, 11) is 0. The highest BCUT2D eigenvalue weighted by Crippen LogP contribution is 2.27. The molecule has 24 heavy (non-hydrogen) atoms. The first-order valence-corrected chi connectivity index (χ1v) is 8.36. The number of hydrogen-bond acceptors (Lipinski definition) is 4. The lowest BCUT2D eigenvalue weighted by Gasteiger charge is -2.22. The summed E-state index contributed by atoms with van der Waals surface area (Å²) in [6.07, 6.45) is 0.0977. The van der Waals surface area contributed by atoms with E-state index in [4.69, 9.17) is 9.47 Å². The van der Waals surface area contributed by atoms with Gasteiger partial charge in [-0.25, -0.2) is 0 Å². The molecule has 0 radical (unpaired) electrons. The summed E-state index contributed by atoms with van der Waals surface area (Å²) in [6.45, 7) is 5.24. The Morgan fingerprint density at radius 3 is 1.92 bits per heavy atom. The molecule has 0 heterocycles. The van der Waals surface area contributed by atoms with E-state index in [0.717, 1.165) is 25.3 Å². The van der Waals surface area contributed by atoms with Crippen LogP contribution in [0.1, 0.15) is 52.9 Å². The molecule has 0 bridgehead atoms. The van der Waals surface area contributed by atoms with E-state index in [0.29, 0.717) is 6.42 Å². The van der Waals surface area contributed by atoms with E-state index in [1.165, 1.54) is 0 Å². The van der Waals surface area contributed by atoms with Gasteiger partial charge in [0.25, 0.3) is 0 Å². The Kier molecular flexibility index (Phi) is 11.2. The van der Waals surface area contributed by atoms with E-state index in [2.05, 4.69) is 0 Å². The number of carbonyl (C=O) groups excluding carboxylic acids is 2. The minimum atomic E-state index is -4.50. The molecule has 0 saturated heterocycles. The number of hydrogen-bond donors (Lipinski definition) is 0. The number of ether oxygens (including phenoxy) is 2. The van der Waals surface area contributed by atoms with Gasteiger partial charge >= 0.3 is 18.1 Å².